The third-order valence-corrected chi connectivity index (χ3v) is 6.03. The first-order valence-electron chi connectivity index (χ1n) is 8.60. The van der Waals surface area contributed by atoms with Crippen LogP contribution < -0.4 is 9.62 Å². The quantitative estimate of drug-likeness (QED) is 0.870. The predicted octanol–water partition coefficient (Wildman–Crippen LogP) is 3.04. The van der Waals surface area contributed by atoms with Gasteiger partial charge in [-0.1, -0.05) is 27.7 Å². The third kappa shape index (κ3) is 3.41. The minimum Gasteiger partial charge on any atom is -0.468 e. The van der Waals surface area contributed by atoms with E-state index in [0.29, 0.717) is 12.3 Å². The van der Waals surface area contributed by atoms with Crippen LogP contribution in [-0.2, 0) is 26.8 Å². The number of nitrogens with zero attached hydrogens (tertiary/aromatic N) is 1. The molecular formula is C19H24N2O4S. The van der Waals surface area contributed by atoms with Gasteiger partial charge in [-0.15, -0.1) is 0 Å². The van der Waals surface area contributed by atoms with E-state index in [9.17, 15) is 13.2 Å². The lowest BCUT2D eigenvalue weighted by Gasteiger charge is -2.22. The zero-order valence-corrected chi connectivity index (χ0v) is 16.3. The maximum Gasteiger partial charge on any atom is 0.240 e. The third-order valence-electron chi connectivity index (χ3n) is 4.63. The number of carbonyl (C=O) groups is 1. The zero-order valence-electron chi connectivity index (χ0n) is 15.4. The zero-order chi connectivity index (χ0) is 19.1. The van der Waals surface area contributed by atoms with E-state index in [1.807, 2.05) is 27.7 Å². The highest BCUT2D eigenvalue weighted by molar-refractivity contribution is 7.89. The summed E-state index contributed by atoms with van der Waals surface area (Å²) in [4.78, 5) is 14.4. The highest BCUT2D eigenvalue weighted by Gasteiger charge is 2.39. The molecule has 7 heteroatoms. The molecule has 0 atom stereocenters. The number of benzene rings is 1. The van der Waals surface area contributed by atoms with Crippen molar-refractivity contribution in [3.8, 4) is 0 Å². The van der Waals surface area contributed by atoms with Crippen LogP contribution in [0.25, 0.3) is 0 Å². The Hall–Kier alpha value is -2.12. The second-order valence-corrected chi connectivity index (χ2v) is 9.31. The van der Waals surface area contributed by atoms with Crippen molar-refractivity contribution in [1.29, 1.82) is 0 Å². The molecule has 0 bridgehead atoms. The topological polar surface area (TPSA) is 79.6 Å². The molecule has 0 saturated carbocycles. The van der Waals surface area contributed by atoms with E-state index in [2.05, 4.69) is 4.72 Å². The van der Waals surface area contributed by atoms with Crippen molar-refractivity contribution in [3.05, 3.63) is 47.9 Å². The Balaban J connectivity index is 1.91. The van der Waals surface area contributed by atoms with Crippen molar-refractivity contribution in [3.63, 3.8) is 0 Å². The van der Waals surface area contributed by atoms with Gasteiger partial charge in [0.25, 0.3) is 0 Å². The summed E-state index contributed by atoms with van der Waals surface area (Å²) in [5.41, 5.74) is 1.35. The lowest BCUT2D eigenvalue weighted by molar-refractivity contribution is -0.121. The van der Waals surface area contributed by atoms with Crippen molar-refractivity contribution in [2.45, 2.75) is 44.6 Å². The second-order valence-electron chi connectivity index (χ2n) is 7.55. The predicted molar refractivity (Wildman–Crippen MR) is 99.4 cm³/mol. The van der Waals surface area contributed by atoms with Crippen LogP contribution >= 0.6 is 0 Å². The Kier molecular flexibility index (Phi) is 4.71. The minimum absolute atomic E-state index is 0.0448. The van der Waals surface area contributed by atoms with Gasteiger partial charge in [0.2, 0.25) is 15.9 Å². The number of rotatable bonds is 5. The Morgan fingerprint density at radius 1 is 1.31 bits per heavy atom. The number of amides is 1. The summed E-state index contributed by atoms with van der Waals surface area (Å²) < 4.78 is 33.0. The highest BCUT2D eigenvalue weighted by atomic mass is 32.2. The number of nitrogens with one attached hydrogen (secondary N) is 1. The molecule has 6 nitrogen and oxygen atoms in total. The number of carbonyl (C=O) groups excluding carboxylic acids is 1. The first kappa shape index (κ1) is 18.7. The monoisotopic (exact) mass is 376 g/mol. The van der Waals surface area contributed by atoms with Crippen molar-refractivity contribution in [2.75, 3.05) is 11.4 Å². The Bertz CT molecular complexity index is 915. The van der Waals surface area contributed by atoms with Crippen LogP contribution in [0.2, 0.25) is 0 Å². The average Bonchev–Trinajstić information content (AvgIpc) is 3.18. The van der Waals surface area contributed by atoms with E-state index in [-0.39, 0.29) is 28.7 Å². The molecule has 0 aliphatic carbocycles. The maximum absolute atomic E-state index is 12.6. The summed E-state index contributed by atoms with van der Waals surface area (Å²) in [6.07, 6.45) is 1.50. The van der Waals surface area contributed by atoms with Crippen LogP contribution in [-0.4, -0.2) is 20.9 Å². The SMILES string of the molecule is CC(C)C(=O)N1CC(C)(C)c2cc(S(=O)(=O)NCc3ccco3)ccc21. The lowest BCUT2D eigenvalue weighted by Crippen LogP contribution is -2.36. The van der Waals surface area contributed by atoms with Crippen molar-refractivity contribution < 1.29 is 17.6 Å². The molecular weight excluding hydrogens is 352 g/mol. The first-order valence-corrected chi connectivity index (χ1v) is 10.1. The number of fused-ring (bicyclic) bond motifs is 1. The summed E-state index contributed by atoms with van der Waals surface area (Å²) in [6.45, 7) is 8.41. The molecule has 1 N–H and O–H groups in total. The summed E-state index contributed by atoms with van der Waals surface area (Å²) in [5, 5.41) is 0. The number of anilines is 1. The fourth-order valence-electron chi connectivity index (χ4n) is 3.20. The van der Waals surface area contributed by atoms with Crippen LogP contribution in [0.3, 0.4) is 0 Å². The fraction of sp³-hybridized carbons (Fsp3) is 0.421. The molecule has 0 fully saturated rings. The van der Waals surface area contributed by atoms with Crippen molar-refractivity contribution in [1.82, 2.24) is 4.72 Å². The lowest BCUT2D eigenvalue weighted by atomic mass is 9.87. The van der Waals surface area contributed by atoms with E-state index < -0.39 is 10.0 Å². The number of hydrogen-bond acceptors (Lipinski definition) is 4. The molecule has 140 valence electrons. The van der Waals surface area contributed by atoms with Gasteiger partial charge in [-0.25, -0.2) is 13.1 Å². The fourth-order valence-corrected chi connectivity index (χ4v) is 4.22. The largest absolute Gasteiger partial charge is 0.468 e. The molecule has 1 aromatic carbocycles. The molecule has 26 heavy (non-hydrogen) atoms. The molecule has 0 radical (unpaired) electrons. The van der Waals surface area contributed by atoms with E-state index in [1.54, 1.807) is 35.2 Å². The summed E-state index contributed by atoms with van der Waals surface area (Å²) in [6, 6.07) is 8.37. The summed E-state index contributed by atoms with van der Waals surface area (Å²) in [5.74, 6) is 0.474. The van der Waals surface area contributed by atoms with Crippen LogP contribution in [0.5, 0.6) is 0 Å². The van der Waals surface area contributed by atoms with Gasteiger partial charge < -0.3 is 9.32 Å². The molecule has 0 saturated heterocycles. The van der Waals surface area contributed by atoms with E-state index in [0.717, 1.165) is 11.3 Å². The Labute approximate surface area is 154 Å². The number of sulfonamides is 1. The molecule has 3 rings (SSSR count). The van der Waals surface area contributed by atoms with Crippen LogP contribution in [0.1, 0.15) is 39.0 Å². The molecule has 1 aliphatic heterocycles. The van der Waals surface area contributed by atoms with Gasteiger partial charge in [-0.3, -0.25) is 4.79 Å². The standard InChI is InChI=1S/C19H24N2O4S/c1-13(2)18(22)21-12-19(3,4)16-10-15(7-8-17(16)21)26(23,24)20-11-14-6-5-9-25-14/h5-10,13,20H,11-12H2,1-4H3. The smallest absolute Gasteiger partial charge is 0.240 e. The van der Waals surface area contributed by atoms with Gasteiger partial charge >= 0.3 is 0 Å². The van der Waals surface area contributed by atoms with Gasteiger partial charge in [-0.2, -0.15) is 0 Å². The van der Waals surface area contributed by atoms with Gasteiger partial charge in [0.1, 0.15) is 5.76 Å². The molecule has 0 spiro atoms. The first-order chi connectivity index (χ1) is 12.1. The van der Waals surface area contributed by atoms with E-state index in [4.69, 9.17) is 4.42 Å². The van der Waals surface area contributed by atoms with Crippen molar-refractivity contribution in [2.24, 2.45) is 5.92 Å². The summed E-state index contributed by atoms with van der Waals surface area (Å²) in [7, 11) is -3.68. The molecule has 1 amide bonds. The Morgan fingerprint density at radius 2 is 2.04 bits per heavy atom. The highest BCUT2D eigenvalue weighted by Crippen LogP contribution is 2.42. The van der Waals surface area contributed by atoms with E-state index >= 15 is 0 Å². The van der Waals surface area contributed by atoms with Crippen LogP contribution in [0.15, 0.2) is 45.9 Å². The van der Waals surface area contributed by atoms with Gasteiger partial charge in [0.15, 0.2) is 0 Å². The molecule has 1 aromatic heterocycles. The van der Waals surface area contributed by atoms with Crippen molar-refractivity contribution >= 4 is 21.6 Å². The molecule has 0 unspecified atom stereocenters. The van der Waals surface area contributed by atoms with Gasteiger partial charge in [0.05, 0.1) is 17.7 Å². The minimum atomic E-state index is -3.68. The molecule has 2 aromatic rings. The van der Waals surface area contributed by atoms with Gasteiger partial charge in [-0.05, 0) is 35.9 Å². The van der Waals surface area contributed by atoms with Crippen LogP contribution in [0.4, 0.5) is 5.69 Å². The van der Waals surface area contributed by atoms with Crippen LogP contribution in [0, 0.1) is 5.92 Å². The maximum atomic E-state index is 12.6. The second kappa shape index (κ2) is 6.55. The van der Waals surface area contributed by atoms with Gasteiger partial charge in [0, 0.05) is 23.6 Å². The average molecular weight is 376 g/mol. The van der Waals surface area contributed by atoms with E-state index in [1.165, 1.54) is 6.26 Å². The summed E-state index contributed by atoms with van der Waals surface area (Å²) >= 11 is 0. The molecule has 2 heterocycles. The normalized spacial score (nSPS) is 16.1. The number of hydrogen-bond donors (Lipinski definition) is 1. The Morgan fingerprint density at radius 3 is 2.65 bits per heavy atom. The number of furan rings is 1. The molecule has 1 aliphatic rings.